The highest BCUT2D eigenvalue weighted by Gasteiger charge is 2.14. The highest BCUT2D eigenvalue weighted by Crippen LogP contribution is 2.23. The molecule has 0 radical (unpaired) electrons. The van der Waals surface area contributed by atoms with E-state index in [0.717, 1.165) is 22.0 Å². The predicted molar refractivity (Wildman–Crippen MR) is 113 cm³/mol. The first-order valence-electron chi connectivity index (χ1n) is 8.98. The van der Waals surface area contributed by atoms with Gasteiger partial charge in [0.2, 0.25) is 0 Å². The Bertz CT molecular complexity index is 1330. The quantitative estimate of drug-likeness (QED) is 0.514. The highest BCUT2D eigenvalue weighted by atomic mass is 16.3. The zero-order valence-corrected chi connectivity index (χ0v) is 15.7. The van der Waals surface area contributed by atoms with Crippen molar-refractivity contribution in [3.8, 4) is 28.8 Å². The highest BCUT2D eigenvalue weighted by molar-refractivity contribution is 5.88. The summed E-state index contributed by atoms with van der Waals surface area (Å²) in [6.07, 6.45) is 3.23. The van der Waals surface area contributed by atoms with Crippen LogP contribution in [0, 0.1) is 11.3 Å². The van der Waals surface area contributed by atoms with E-state index in [9.17, 15) is 9.90 Å². The molecule has 0 bridgehead atoms. The van der Waals surface area contributed by atoms with Crippen LogP contribution in [0.25, 0.3) is 16.9 Å². The van der Waals surface area contributed by atoms with E-state index in [2.05, 4.69) is 10.2 Å². The molecule has 3 N–H and O–H groups in total. The summed E-state index contributed by atoms with van der Waals surface area (Å²) in [5, 5.41) is 27.6. The van der Waals surface area contributed by atoms with Crippen molar-refractivity contribution >= 4 is 12.0 Å². The molecule has 4 rings (SSSR count). The van der Waals surface area contributed by atoms with Crippen molar-refractivity contribution in [2.75, 3.05) is 5.73 Å². The molecule has 0 saturated heterocycles. The van der Waals surface area contributed by atoms with Crippen LogP contribution in [0.2, 0.25) is 0 Å². The Hall–Kier alpha value is -4.64. The molecule has 0 aliphatic carbocycles. The number of hydrogen-bond acceptors (Lipinski definition) is 6. The normalized spacial score (nSPS) is 10.9. The number of para-hydroxylation sites is 1. The number of benzene rings is 2. The summed E-state index contributed by atoms with van der Waals surface area (Å²) in [5.41, 5.74) is 7.62. The number of nitriles is 1. The summed E-state index contributed by atoms with van der Waals surface area (Å²) in [7, 11) is 0. The first-order valence-corrected chi connectivity index (χ1v) is 8.98. The van der Waals surface area contributed by atoms with Crippen LogP contribution in [0.5, 0.6) is 5.75 Å². The zero-order valence-electron chi connectivity index (χ0n) is 15.7. The van der Waals surface area contributed by atoms with Gasteiger partial charge in [-0.15, -0.1) is 0 Å². The van der Waals surface area contributed by atoms with Gasteiger partial charge in [0.25, 0.3) is 5.56 Å². The molecule has 146 valence electrons. The summed E-state index contributed by atoms with van der Waals surface area (Å²) in [6, 6.07) is 21.9. The van der Waals surface area contributed by atoms with Crippen LogP contribution in [-0.4, -0.2) is 25.8 Å². The van der Waals surface area contributed by atoms with Crippen LogP contribution in [-0.2, 0) is 0 Å². The average molecular weight is 396 g/mol. The van der Waals surface area contributed by atoms with Crippen molar-refractivity contribution in [1.82, 2.24) is 14.5 Å². The molecule has 2 aromatic heterocycles. The van der Waals surface area contributed by atoms with Gasteiger partial charge < -0.3 is 10.8 Å². The lowest BCUT2D eigenvalue weighted by Crippen LogP contribution is -2.22. The molecule has 0 amide bonds. The molecule has 0 fully saturated rings. The molecule has 8 heteroatoms. The monoisotopic (exact) mass is 396 g/mol. The number of aromatic nitrogens is 3. The maximum Gasteiger partial charge on any atom is 0.294 e. The third-order valence-corrected chi connectivity index (χ3v) is 4.43. The van der Waals surface area contributed by atoms with E-state index < -0.39 is 16.9 Å². The number of nitrogens with two attached hydrogens (primary N) is 1. The average Bonchev–Trinajstić information content (AvgIpc) is 3.19. The van der Waals surface area contributed by atoms with Crippen molar-refractivity contribution in [2.45, 2.75) is 0 Å². The molecule has 0 atom stereocenters. The van der Waals surface area contributed by atoms with Gasteiger partial charge in [-0.2, -0.15) is 20.1 Å². The van der Waals surface area contributed by atoms with Gasteiger partial charge in [0, 0.05) is 23.4 Å². The Morgan fingerprint density at radius 1 is 1.10 bits per heavy atom. The van der Waals surface area contributed by atoms with E-state index in [1.165, 1.54) is 6.21 Å². The Morgan fingerprint density at radius 3 is 2.43 bits per heavy atom. The number of nitrogens with zero attached hydrogens (tertiary/aromatic N) is 5. The van der Waals surface area contributed by atoms with Crippen molar-refractivity contribution in [1.29, 1.82) is 5.26 Å². The fourth-order valence-electron chi connectivity index (χ4n) is 2.97. The molecule has 0 unspecified atom stereocenters. The number of nitrogen functional groups attached to an aromatic ring is 1. The van der Waals surface area contributed by atoms with Gasteiger partial charge in [-0.1, -0.05) is 48.5 Å². The van der Waals surface area contributed by atoms with E-state index >= 15 is 0 Å². The Balaban J connectivity index is 1.84. The van der Waals surface area contributed by atoms with Crippen LogP contribution in [0.1, 0.15) is 11.1 Å². The maximum atomic E-state index is 12.4. The number of pyridine rings is 1. The van der Waals surface area contributed by atoms with Crippen LogP contribution in [0.3, 0.4) is 0 Å². The van der Waals surface area contributed by atoms with Crippen molar-refractivity contribution < 1.29 is 5.11 Å². The van der Waals surface area contributed by atoms with Gasteiger partial charge in [-0.25, -0.2) is 4.68 Å². The topological polar surface area (TPSA) is 122 Å². The molecule has 2 aromatic carbocycles. The standard InChI is InChI=1S/C22H16N6O2/c23-12-18-19(29)11-20(24)28(22(18)30)25-13-16-14-27(17-9-5-2-6-10-17)26-21(16)15-7-3-1-4-8-15/h1-11,13-14,29H,24H2. The summed E-state index contributed by atoms with van der Waals surface area (Å²) in [6.45, 7) is 0. The Morgan fingerprint density at radius 2 is 1.77 bits per heavy atom. The van der Waals surface area contributed by atoms with Crippen LogP contribution in [0.4, 0.5) is 5.82 Å². The summed E-state index contributed by atoms with van der Waals surface area (Å²) in [5.74, 6) is -0.571. The third kappa shape index (κ3) is 3.43. The summed E-state index contributed by atoms with van der Waals surface area (Å²) < 4.78 is 2.58. The molecule has 8 nitrogen and oxygen atoms in total. The van der Waals surface area contributed by atoms with Gasteiger partial charge in [-0.3, -0.25) is 4.79 Å². The number of anilines is 1. The minimum absolute atomic E-state index is 0.0931. The van der Waals surface area contributed by atoms with E-state index in [4.69, 9.17) is 11.0 Å². The molecular weight excluding hydrogens is 380 g/mol. The van der Waals surface area contributed by atoms with Gasteiger partial charge in [0.05, 0.1) is 11.9 Å². The first kappa shape index (κ1) is 18.7. The van der Waals surface area contributed by atoms with Crippen molar-refractivity contribution in [3.05, 3.63) is 94.4 Å². The Kier molecular flexibility index (Phi) is 4.85. The molecule has 0 aliphatic rings. The minimum Gasteiger partial charge on any atom is -0.506 e. The maximum absolute atomic E-state index is 12.4. The van der Waals surface area contributed by atoms with Gasteiger partial charge in [0.15, 0.2) is 5.56 Å². The second kappa shape index (κ2) is 7.77. The molecule has 0 spiro atoms. The summed E-state index contributed by atoms with van der Waals surface area (Å²) >= 11 is 0. The van der Waals surface area contributed by atoms with Crippen molar-refractivity contribution in [3.63, 3.8) is 0 Å². The van der Waals surface area contributed by atoms with E-state index in [1.54, 1.807) is 16.9 Å². The number of aromatic hydroxyl groups is 1. The largest absolute Gasteiger partial charge is 0.506 e. The summed E-state index contributed by atoms with van der Waals surface area (Å²) in [4.78, 5) is 12.4. The third-order valence-electron chi connectivity index (χ3n) is 4.43. The lowest BCUT2D eigenvalue weighted by atomic mass is 10.1. The Labute approximate surface area is 171 Å². The molecule has 4 aromatic rings. The van der Waals surface area contributed by atoms with Crippen LogP contribution in [0.15, 0.2) is 82.8 Å². The number of hydrogen-bond donors (Lipinski definition) is 2. The van der Waals surface area contributed by atoms with E-state index in [-0.39, 0.29) is 5.82 Å². The van der Waals surface area contributed by atoms with Crippen LogP contribution < -0.4 is 11.3 Å². The second-order valence-corrected chi connectivity index (χ2v) is 6.38. The van der Waals surface area contributed by atoms with E-state index in [0.29, 0.717) is 11.3 Å². The minimum atomic E-state index is -0.803. The van der Waals surface area contributed by atoms with Crippen molar-refractivity contribution in [2.24, 2.45) is 5.10 Å². The lowest BCUT2D eigenvalue weighted by molar-refractivity contribution is 0.470. The fraction of sp³-hybridized carbons (Fsp3) is 0. The van der Waals surface area contributed by atoms with Gasteiger partial charge in [-0.05, 0) is 12.1 Å². The predicted octanol–water partition coefficient (Wildman–Crippen LogP) is 2.74. The van der Waals surface area contributed by atoms with E-state index in [1.807, 2.05) is 60.7 Å². The molecule has 0 saturated carbocycles. The van der Waals surface area contributed by atoms with Gasteiger partial charge in [0.1, 0.15) is 23.3 Å². The van der Waals surface area contributed by atoms with Crippen LogP contribution >= 0.6 is 0 Å². The lowest BCUT2D eigenvalue weighted by Gasteiger charge is -2.05. The SMILES string of the molecule is N#Cc1c(O)cc(N)n(N=Cc2cn(-c3ccccc3)nc2-c2ccccc2)c1=O. The van der Waals surface area contributed by atoms with Gasteiger partial charge >= 0.3 is 0 Å². The molecular formula is C22H16N6O2. The first-order chi connectivity index (χ1) is 14.6. The zero-order chi connectivity index (χ0) is 21.1. The molecule has 0 aliphatic heterocycles. The fourth-order valence-corrected chi connectivity index (χ4v) is 2.97. The second-order valence-electron chi connectivity index (χ2n) is 6.38. The number of rotatable bonds is 4. The molecule has 30 heavy (non-hydrogen) atoms. The molecule has 2 heterocycles. The smallest absolute Gasteiger partial charge is 0.294 e.